The summed E-state index contributed by atoms with van der Waals surface area (Å²) in [4.78, 5) is 7.37. The van der Waals surface area contributed by atoms with Gasteiger partial charge in [0.1, 0.15) is 0 Å². The van der Waals surface area contributed by atoms with Gasteiger partial charge in [-0.2, -0.15) is 0 Å². The number of thiophene rings is 1. The van der Waals surface area contributed by atoms with Crippen LogP contribution in [-0.2, 0) is 0 Å². The maximum atomic E-state index is 6.11. The van der Waals surface area contributed by atoms with E-state index in [-0.39, 0.29) is 0 Å². The van der Waals surface area contributed by atoms with Crippen LogP contribution in [0.2, 0.25) is 5.02 Å². The summed E-state index contributed by atoms with van der Waals surface area (Å²) >= 11 is 7.88. The van der Waals surface area contributed by atoms with Gasteiger partial charge in [-0.05, 0) is 42.3 Å². The first-order valence-electron chi connectivity index (χ1n) is 7.89. The molecule has 2 heterocycles. The molecule has 0 spiro atoms. The van der Waals surface area contributed by atoms with Crippen LogP contribution in [0.4, 0.5) is 0 Å². The highest BCUT2D eigenvalue weighted by molar-refractivity contribution is 7.17. The maximum absolute atomic E-state index is 6.11. The molecule has 0 N–H and O–H groups in total. The zero-order valence-electron chi connectivity index (χ0n) is 13.3. The summed E-state index contributed by atoms with van der Waals surface area (Å²) in [6, 6.07) is 22.7. The normalized spacial score (nSPS) is 14.2. The summed E-state index contributed by atoms with van der Waals surface area (Å²) in [5.74, 6) is 0. The first-order chi connectivity index (χ1) is 11.7. The first kappa shape index (κ1) is 15.4. The van der Waals surface area contributed by atoms with Crippen molar-refractivity contribution in [3.05, 3.63) is 87.8 Å². The maximum Gasteiger partial charge on any atom is 0.0699 e. The van der Waals surface area contributed by atoms with Crippen molar-refractivity contribution in [2.45, 2.75) is 13.3 Å². The monoisotopic (exact) mass is 349 g/mol. The number of rotatable bonds is 3. The fourth-order valence-corrected chi connectivity index (χ4v) is 4.12. The molecule has 0 atom stereocenters. The molecule has 0 radical (unpaired) electrons. The Morgan fingerprint density at radius 1 is 0.875 bits per heavy atom. The lowest BCUT2D eigenvalue weighted by molar-refractivity contribution is 1.31. The van der Waals surface area contributed by atoms with Gasteiger partial charge >= 0.3 is 0 Å². The van der Waals surface area contributed by atoms with E-state index in [1.54, 1.807) is 11.3 Å². The minimum atomic E-state index is 0.768. The highest BCUT2D eigenvalue weighted by Crippen LogP contribution is 2.35. The Balaban J connectivity index is 1.65. The van der Waals surface area contributed by atoms with Gasteiger partial charge in [0.05, 0.1) is 11.4 Å². The van der Waals surface area contributed by atoms with Crippen LogP contribution in [0.25, 0.3) is 16.1 Å². The second-order valence-electron chi connectivity index (χ2n) is 5.90. The fourth-order valence-electron chi connectivity index (χ4n) is 2.94. The number of allylic oxidation sites excluding steroid dienone is 1. The molecule has 1 aromatic heterocycles. The molecule has 0 fully saturated rings. The second-order valence-corrected chi connectivity index (χ2v) is 7.42. The molecule has 0 unspecified atom stereocenters. The SMILES string of the molecule is CC1=C(c2ccccc2)N=C(c2ccc(-c3cccc(Cl)c3)s2)C1. The zero-order chi connectivity index (χ0) is 16.5. The minimum absolute atomic E-state index is 0.768. The Labute approximate surface area is 151 Å². The number of hydrogen-bond donors (Lipinski definition) is 0. The lowest BCUT2D eigenvalue weighted by Gasteiger charge is -1.99. The van der Waals surface area contributed by atoms with E-state index in [2.05, 4.69) is 49.4 Å². The lowest BCUT2D eigenvalue weighted by atomic mass is 10.1. The number of nitrogens with zero attached hydrogens (tertiary/aromatic N) is 1. The standard InChI is InChI=1S/C21H16ClNS/c1-14-12-18(23-21(14)15-6-3-2-4-7-15)20-11-10-19(24-20)16-8-5-9-17(22)13-16/h2-11,13H,12H2,1H3. The summed E-state index contributed by atoms with van der Waals surface area (Å²) in [6.45, 7) is 2.17. The topological polar surface area (TPSA) is 12.4 Å². The van der Waals surface area contributed by atoms with E-state index in [9.17, 15) is 0 Å². The molecule has 3 heteroatoms. The Hall–Kier alpha value is -2.16. The molecule has 4 rings (SSSR count). The van der Waals surface area contributed by atoms with Crippen molar-refractivity contribution in [3.63, 3.8) is 0 Å². The molecule has 1 nitrogen and oxygen atoms in total. The molecule has 118 valence electrons. The summed E-state index contributed by atoms with van der Waals surface area (Å²) < 4.78 is 0. The zero-order valence-corrected chi connectivity index (χ0v) is 14.9. The van der Waals surface area contributed by atoms with Gasteiger partial charge < -0.3 is 0 Å². The first-order valence-corrected chi connectivity index (χ1v) is 9.09. The number of hydrogen-bond acceptors (Lipinski definition) is 2. The van der Waals surface area contributed by atoms with Gasteiger partial charge in [-0.3, -0.25) is 4.99 Å². The number of aliphatic imine (C=N–C) groups is 1. The molecule has 0 bridgehead atoms. The molecular formula is C21H16ClNS. The van der Waals surface area contributed by atoms with Crippen LogP contribution in [0.5, 0.6) is 0 Å². The van der Waals surface area contributed by atoms with E-state index in [1.165, 1.54) is 20.9 Å². The predicted octanol–water partition coefficient (Wildman–Crippen LogP) is 6.69. The summed E-state index contributed by atoms with van der Waals surface area (Å²) in [5.41, 5.74) is 5.95. The Morgan fingerprint density at radius 3 is 2.42 bits per heavy atom. The van der Waals surface area contributed by atoms with Crippen molar-refractivity contribution in [1.29, 1.82) is 0 Å². The molecule has 2 aromatic carbocycles. The van der Waals surface area contributed by atoms with Crippen LogP contribution >= 0.6 is 22.9 Å². The Kier molecular flexibility index (Phi) is 4.09. The minimum Gasteiger partial charge on any atom is -0.251 e. The third-order valence-electron chi connectivity index (χ3n) is 4.13. The van der Waals surface area contributed by atoms with Gasteiger partial charge in [0.15, 0.2) is 0 Å². The fraction of sp³-hybridized carbons (Fsp3) is 0.0952. The van der Waals surface area contributed by atoms with Crippen LogP contribution in [0.1, 0.15) is 23.8 Å². The predicted molar refractivity (Wildman–Crippen MR) is 105 cm³/mol. The van der Waals surface area contributed by atoms with Gasteiger partial charge in [0.25, 0.3) is 0 Å². The summed E-state index contributed by atoms with van der Waals surface area (Å²) in [5, 5.41) is 0.768. The highest BCUT2D eigenvalue weighted by Gasteiger charge is 2.18. The van der Waals surface area contributed by atoms with E-state index in [0.717, 1.165) is 28.4 Å². The molecular weight excluding hydrogens is 334 g/mol. The largest absolute Gasteiger partial charge is 0.251 e. The van der Waals surface area contributed by atoms with E-state index in [0.29, 0.717) is 0 Å². The summed E-state index contributed by atoms with van der Waals surface area (Å²) in [6.07, 6.45) is 0.916. The second kappa shape index (κ2) is 6.39. The van der Waals surface area contributed by atoms with Gasteiger partial charge in [0.2, 0.25) is 0 Å². The van der Waals surface area contributed by atoms with Gasteiger partial charge in [-0.25, -0.2) is 0 Å². The van der Waals surface area contributed by atoms with E-state index in [1.807, 2.05) is 24.3 Å². The quantitative estimate of drug-likeness (QED) is 0.499. The molecule has 0 saturated carbocycles. The third kappa shape index (κ3) is 2.95. The van der Waals surface area contributed by atoms with Crippen molar-refractivity contribution in [2.75, 3.05) is 0 Å². The van der Waals surface area contributed by atoms with Crippen molar-refractivity contribution in [1.82, 2.24) is 0 Å². The van der Waals surface area contributed by atoms with E-state index in [4.69, 9.17) is 16.6 Å². The van der Waals surface area contributed by atoms with Crippen LogP contribution in [0.3, 0.4) is 0 Å². The van der Waals surface area contributed by atoms with Crippen molar-refractivity contribution in [2.24, 2.45) is 4.99 Å². The van der Waals surface area contributed by atoms with Crippen LogP contribution in [0.15, 0.2) is 77.3 Å². The molecule has 1 aliphatic heterocycles. The van der Waals surface area contributed by atoms with Gasteiger partial charge in [-0.15, -0.1) is 11.3 Å². The third-order valence-corrected chi connectivity index (χ3v) is 5.55. The molecule has 0 amide bonds. The molecule has 0 saturated heterocycles. The Morgan fingerprint density at radius 2 is 1.62 bits per heavy atom. The molecule has 24 heavy (non-hydrogen) atoms. The van der Waals surface area contributed by atoms with Crippen molar-refractivity contribution in [3.8, 4) is 10.4 Å². The van der Waals surface area contributed by atoms with Gasteiger partial charge in [-0.1, -0.05) is 54.1 Å². The van der Waals surface area contributed by atoms with Crippen LogP contribution < -0.4 is 0 Å². The van der Waals surface area contributed by atoms with Crippen LogP contribution in [0, 0.1) is 0 Å². The Bertz CT molecular complexity index is 951. The average Bonchev–Trinajstić information content (AvgIpc) is 3.22. The molecule has 0 aliphatic carbocycles. The lowest BCUT2D eigenvalue weighted by Crippen LogP contribution is -1.92. The summed E-state index contributed by atoms with van der Waals surface area (Å²) in [7, 11) is 0. The molecule has 1 aliphatic rings. The molecule has 3 aromatic rings. The average molecular weight is 350 g/mol. The van der Waals surface area contributed by atoms with Crippen molar-refractivity contribution >= 4 is 34.3 Å². The number of benzene rings is 2. The smallest absolute Gasteiger partial charge is 0.0699 e. The van der Waals surface area contributed by atoms with Gasteiger partial charge in [0, 0.05) is 26.8 Å². The van der Waals surface area contributed by atoms with Crippen LogP contribution in [-0.4, -0.2) is 5.71 Å². The highest BCUT2D eigenvalue weighted by atomic mass is 35.5. The number of halogens is 1. The van der Waals surface area contributed by atoms with E-state index >= 15 is 0 Å². The van der Waals surface area contributed by atoms with E-state index < -0.39 is 0 Å². The van der Waals surface area contributed by atoms with Crippen molar-refractivity contribution < 1.29 is 0 Å².